The van der Waals surface area contributed by atoms with E-state index in [-0.39, 0.29) is 0 Å². The van der Waals surface area contributed by atoms with Crippen LogP contribution in [-0.4, -0.2) is 57.3 Å². The van der Waals surface area contributed by atoms with E-state index in [1.54, 1.807) is 14.2 Å². The summed E-state index contributed by atoms with van der Waals surface area (Å²) in [7, 11) is 3.29. The maximum atomic E-state index is 5.37. The molecule has 3 rings (SSSR count). The minimum Gasteiger partial charge on any atom is -0.493 e. The zero-order valence-corrected chi connectivity index (χ0v) is 15.5. The Hall–Kier alpha value is -1.95. The highest BCUT2D eigenvalue weighted by Crippen LogP contribution is 2.32. The van der Waals surface area contributed by atoms with Crippen LogP contribution in [0.5, 0.6) is 11.5 Å². The van der Waals surface area contributed by atoms with E-state index in [0.717, 1.165) is 36.5 Å². The third kappa shape index (κ3) is 4.78. The molecule has 1 saturated carbocycles. The molecule has 2 aliphatic rings. The van der Waals surface area contributed by atoms with Crippen molar-refractivity contribution < 1.29 is 9.47 Å². The smallest absolute Gasteiger partial charge is 0.195 e. The summed E-state index contributed by atoms with van der Waals surface area (Å²) in [6, 6.07) is 6.66. The van der Waals surface area contributed by atoms with Crippen molar-refractivity contribution in [2.24, 2.45) is 10.9 Å². The molecule has 0 amide bonds. The van der Waals surface area contributed by atoms with E-state index in [1.807, 2.05) is 18.2 Å². The summed E-state index contributed by atoms with van der Waals surface area (Å²) in [5.41, 5.74) is 0.934. The first-order valence-corrected chi connectivity index (χ1v) is 9.25. The lowest BCUT2D eigenvalue weighted by atomic mass is 10.1. The number of hydrogen-bond acceptors (Lipinski definition) is 4. The molecule has 0 bridgehead atoms. The molecule has 25 heavy (non-hydrogen) atoms. The second-order valence-electron chi connectivity index (χ2n) is 6.80. The van der Waals surface area contributed by atoms with Crippen molar-refractivity contribution in [1.29, 1.82) is 0 Å². The Morgan fingerprint density at radius 1 is 1.20 bits per heavy atom. The summed E-state index contributed by atoms with van der Waals surface area (Å²) in [5, 5.41) is 6.69. The van der Waals surface area contributed by atoms with Crippen LogP contribution in [0.2, 0.25) is 0 Å². The van der Waals surface area contributed by atoms with Gasteiger partial charge in [0.1, 0.15) is 0 Å². The Morgan fingerprint density at radius 2 is 2.00 bits per heavy atom. The monoisotopic (exact) mass is 346 g/mol. The molecule has 1 atom stereocenters. The number of nitrogens with one attached hydrogen (secondary N) is 2. The molecular weight excluding hydrogens is 316 g/mol. The first-order chi connectivity index (χ1) is 12.2. The molecule has 1 heterocycles. The van der Waals surface area contributed by atoms with Crippen molar-refractivity contribution in [2.75, 3.05) is 45.7 Å². The predicted octanol–water partition coefficient (Wildman–Crippen LogP) is 2.57. The molecule has 6 nitrogen and oxygen atoms in total. The number of anilines is 1. The number of benzene rings is 1. The molecule has 2 N–H and O–H groups in total. The molecule has 1 aliphatic carbocycles. The maximum Gasteiger partial charge on any atom is 0.195 e. The number of likely N-dealkylation sites (tertiary alicyclic amines) is 1. The van der Waals surface area contributed by atoms with Crippen molar-refractivity contribution in [2.45, 2.75) is 32.2 Å². The highest BCUT2D eigenvalue weighted by atomic mass is 16.5. The largest absolute Gasteiger partial charge is 0.493 e. The van der Waals surface area contributed by atoms with Crippen LogP contribution in [0.1, 0.15) is 26.2 Å². The van der Waals surface area contributed by atoms with Gasteiger partial charge in [-0.1, -0.05) is 0 Å². The quantitative estimate of drug-likeness (QED) is 0.587. The van der Waals surface area contributed by atoms with Crippen LogP contribution in [-0.2, 0) is 0 Å². The number of nitrogens with zero attached hydrogens (tertiary/aromatic N) is 2. The van der Waals surface area contributed by atoms with Crippen LogP contribution < -0.4 is 20.1 Å². The summed E-state index contributed by atoms with van der Waals surface area (Å²) in [6.45, 7) is 6.22. The molecule has 1 saturated heterocycles. The highest BCUT2D eigenvalue weighted by molar-refractivity contribution is 5.93. The fourth-order valence-electron chi connectivity index (χ4n) is 3.36. The third-order valence-electron chi connectivity index (χ3n) is 4.88. The molecule has 2 fully saturated rings. The first kappa shape index (κ1) is 17.9. The summed E-state index contributed by atoms with van der Waals surface area (Å²) in [6.07, 6.45) is 4.04. The lowest BCUT2D eigenvalue weighted by Crippen LogP contribution is -2.31. The van der Waals surface area contributed by atoms with Crippen molar-refractivity contribution in [3.05, 3.63) is 18.2 Å². The van der Waals surface area contributed by atoms with Crippen LogP contribution in [0.4, 0.5) is 5.69 Å². The normalized spacial score (nSPS) is 21.2. The van der Waals surface area contributed by atoms with Crippen LogP contribution >= 0.6 is 0 Å². The van der Waals surface area contributed by atoms with Crippen LogP contribution in [0.15, 0.2) is 23.2 Å². The van der Waals surface area contributed by atoms with Crippen LogP contribution in [0.3, 0.4) is 0 Å². The fraction of sp³-hybridized carbons (Fsp3) is 0.632. The Balaban J connectivity index is 1.60. The molecule has 6 heteroatoms. The second-order valence-corrected chi connectivity index (χ2v) is 6.80. The fourth-order valence-corrected chi connectivity index (χ4v) is 3.36. The second kappa shape index (κ2) is 8.43. The molecule has 1 unspecified atom stereocenters. The van der Waals surface area contributed by atoms with E-state index in [4.69, 9.17) is 14.5 Å². The molecule has 0 radical (unpaired) electrons. The summed E-state index contributed by atoms with van der Waals surface area (Å²) >= 11 is 0. The standard InChI is InChI=1S/C19H30N4O2/c1-4-20-19(21-12-14-9-10-23(13-14)16-6-7-16)22-15-5-8-17(24-2)18(11-15)25-3/h5,8,11,14,16H,4,6-7,9-10,12-13H2,1-3H3,(H2,20,21,22). The minimum atomic E-state index is 0.668. The average molecular weight is 346 g/mol. The van der Waals surface area contributed by atoms with Crippen molar-refractivity contribution >= 4 is 11.6 Å². The number of aliphatic imine (C=N–C) groups is 1. The molecule has 138 valence electrons. The zero-order chi connectivity index (χ0) is 17.6. The van der Waals surface area contributed by atoms with Crippen molar-refractivity contribution in [3.63, 3.8) is 0 Å². The lowest BCUT2D eigenvalue weighted by molar-refractivity contribution is 0.315. The van der Waals surface area contributed by atoms with Gasteiger partial charge in [0.05, 0.1) is 14.2 Å². The molecule has 1 aliphatic heterocycles. The summed E-state index contributed by atoms with van der Waals surface area (Å²) in [5.74, 6) is 2.92. The van der Waals surface area contributed by atoms with E-state index in [2.05, 4.69) is 22.5 Å². The van der Waals surface area contributed by atoms with E-state index in [1.165, 1.54) is 32.4 Å². The van der Waals surface area contributed by atoms with Gasteiger partial charge < -0.3 is 25.0 Å². The van der Waals surface area contributed by atoms with Gasteiger partial charge in [-0.2, -0.15) is 0 Å². The molecule has 1 aromatic rings. The highest BCUT2D eigenvalue weighted by Gasteiger charge is 2.34. The van der Waals surface area contributed by atoms with Crippen molar-refractivity contribution in [3.8, 4) is 11.5 Å². The average Bonchev–Trinajstić information content (AvgIpc) is 3.38. The number of rotatable bonds is 7. The van der Waals surface area contributed by atoms with Crippen molar-refractivity contribution in [1.82, 2.24) is 10.2 Å². The van der Waals surface area contributed by atoms with Gasteiger partial charge in [0.15, 0.2) is 17.5 Å². The van der Waals surface area contributed by atoms with Gasteiger partial charge in [-0.05, 0) is 50.8 Å². The van der Waals surface area contributed by atoms with E-state index in [9.17, 15) is 0 Å². The zero-order valence-electron chi connectivity index (χ0n) is 15.5. The van der Waals surface area contributed by atoms with Gasteiger partial charge in [-0.3, -0.25) is 4.99 Å². The van der Waals surface area contributed by atoms with Gasteiger partial charge in [0.25, 0.3) is 0 Å². The summed E-state index contributed by atoms with van der Waals surface area (Å²) < 4.78 is 10.7. The summed E-state index contributed by atoms with van der Waals surface area (Å²) in [4.78, 5) is 7.43. The third-order valence-corrected chi connectivity index (χ3v) is 4.88. The first-order valence-electron chi connectivity index (χ1n) is 9.25. The maximum absolute atomic E-state index is 5.37. The van der Waals surface area contributed by atoms with Crippen LogP contribution in [0, 0.1) is 5.92 Å². The van der Waals surface area contributed by atoms with Gasteiger partial charge in [-0.15, -0.1) is 0 Å². The Bertz CT molecular complexity index is 601. The van der Waals surface area contributed by atoms with Crippen LogP contribution in [0.25, 0.3) is 0 Å². The molecule has 0 aromatic heterocycles. The van der Waals surface area contributed by atoms with E-state index >= 15 is 0 Å². The number of methoxy groups -OCH3 is 2. The molecule has 0 spiro atoms. The number of ether oxygens (including phenoxy) is 2. The lowest BCUT2D eigenvalue weighted by Gasteiger charge is -2.15. The van der Waals surface area contributed by atoms with Gasteiger partial charge >= 0.3 is 0 Å². The molecular formula is C19H30N4O2. The number of hydrogen-bond donors (Lipinski definition) is 2. The Morgan fingerprint density at radius 3 is 2.68 bits per heavy atom. The predicted molar refractivity (Wildman–Crippen MR) is 102 cm³/mol. The SMILES string of the molecule is CCNC(=NCC1CCN(C2CC2)C1)Nc1ccc(OC)c(OC)c1. The minimum absolute atomic E-state index is 0.668. The topological polar surface area (TPSA) is 58.1 Å². The Kier molecular flexibility index (Phi) is 6.02. The Labute approximate surface area is 150 Å². The van der Waals surface area contributed by atoms with Gasteiger partial charge in [-0.25, -0.2) is 0 Å². The van der Waals surface area contributed by atoms with Gasteiger partial charge in [0.2, 0.25) is 0 Å². The number of guanidine groups is 1. The van der Waals surface area contributed by atoms with E-state index in [0.29, 0.717) is 11.7 Å². The van der Waals surface area contributed by atoms with E-state index < -0.39 is 0 Å². The molecule has 1 aromatic carbocycles. The van der Waals surface area contributed by atoms with Gasteiger partial charge in [0, 0.05) is 37.4 Å².